The summed E-state index contributed by atoms with van der Waals surface area (Å²) in [6.45, 7) is 3.74. The third-order valence-electron chi connectivity index (χ3n) is 4.46. The lowest BCUT2D eigenvalue weighted by atomic mass is 10.2. The molecule has 8 nitrogen and oxygen atoms in total. The molecule has 1 amide bonds. The van der Waals surface area contributed by atoms with Gasteiger partial charge in [-0.25, -0.2) is 4.98 Å². The number of amides is 1. The molecule has 1 aromatic heterocycles. The van der Waals surface area contributed by atoms with Crippen LogP contribution in [0.1, 0.15) is 23.7 Å². The lowest BCUT2D eigenvalue weighted by molar-refractivity contribution is -0.384. The number of benzene rings is 2. The van der Waals surface area contributed by atoms with Crippen molar-refractivity contribution in [1.82, 2.24) is 9.88 Å². The summed E-state index contributed by atoms with van der Waals surface area (Å²) in [6.07, 6.45) is 0.764. The molecule has 3 aromatic rings. The molecule has 3 rings (SSSR count). The van der Waals surface area contributed by atoms with E-state index in [0.717, 1.165) is 23.2 Å². The summed E-state index contributed by atoms with van der Waals surface area (Å²) in [5, 5.41) is 11.5. The molecule has 1 heterocycles. The van der Waals surface area contributed by atoms with Crippen molar-refractivity contribution in [2.24, 2.45) is 0 Å². The average molecular weight is 465 g/mol. The summed E-state index contributed by atoms with van der Waals surface area (Å²) in [6, 6.07) is 11.4. The van der Waals surface area contributed by atoms with Crippen LogP contribution in [0.15, 0.2) is 42.5 Å². The van der Waals surface area contributed by atoms with Crippen LogP contribution < -0.4 is 9.64 Å². The number of thiazole rings is 1. The maximum atomic E-state index is 13.3. The van der Waals surface area contributed by atoms with Crippen molar-refractivity contribution >= 4 is 50.7 Å². The minimum absolute atomic E-state index is 0. The Hall–Kier alpha value is -2.75. The topological polar surface area (TPSA) is 88.8 Å². The number of fused-ring (bicyclic) bond motifs is 1. The maximum absolute atomic E-state index is 13.3. The number of carbonyl (C=O) groups excluding carboxylic acids is 1. The normalized spacial score (nSPS) is 10.7. The second kappa shape index (κ2) is 11.0. The molecular formula is C21H25ClN4O4S. The SMILES string of the molecule is CCOc1cccc2sc(N(CCCN(C)C)C(=O)c3ccc([N+](=O)[O-])cc3)nc12.Cl. The summed E-state index contributed by atoms with van der Waals surface area (Å²) in [5.74, 6) is 0.453. The summed E-state index contributed by atoms with van der Waals surface area (Å²) < 4.78 is 6.61. The lowest BCUT2D eigenvalue weighted by Gasteiger charge is -2.21. The summed E-state index contributed by atoms with van der Waals surface area (Å²) in [7, 11) is 3.96. The summed E-state index contributed by atoms with van der Waals surface area (Å²) >= 11 is 1.43. The van der Waals surface area contributed by atoms with Crippen LogP contribution in [0.3, 0.4) is 0 Å². The van der Waals surface area contributed by atoms with Crippen LogP contribution in [0.25, 0.3) is 10.2 Å². The second-order valence-corrected chi connectivity index (χ2v) is 7.96. The van der Waals surface area contributed by atoms with Crippen molar-refractivity contribution in [2.45, 2.75) is 13.3 Å². The Balaban J connectivity index is 0.00000341. The summed E-state index contributed by atoms with van der Waals surface area (Å²) in [4.78, 5) is 32.1. The van der Waals surface area contributed by atoms with E-state index in [0.29, 0.717) is 29.6 Å². The van der Waals surface area contributed by atoms with Crippen LogP contribution in [-0.4, -0.2) is 54.5 Å². The zero-order valence-corrected chi connectivity index (χ0v) is 19.2. The number of hydrogen-bond donors (Lipinski definition) is 0. The van der Waals surface area contributed by atoms with Crippen LogP contribution in [-0.2, 0) is 0 Å². The fourth-order valence-electron chi connectivity index (χ4n) is 3.01. The molecule has 0 atom stereocenters. The van der Waals surface area contributed by atoms with Gasteiger partial charge in [0.05, 0.1) is 16.2 Å². The number of halogens is 1. The molecule has 0 aliphatic carbocycles. The van der Waals surface area contributed by atoms with Gasteiger partial charge in [-0.15, -0.1) is 12.4 Å². The first-order chi connectivity index (χ1) is 14.4. The largest absolute Gasteiger partial charge is 0.492 e. The fraction of sp³-hybridized carbons (Fsp3) is 0.333. The van der Waals surface area contributed by atoms with Gasteiger partial charge in [0, 0.05) is 24.2 Å². The summed E-state index contributed by atoms with van der Waals surface area (Å²) in [5.41, 5.74) is 1.07. The number of nitro groups is 1. The lowest BCUT2D eigenvalue weighted by Crippen LogP contribution is -2.33. The third kappa shape index (κ3) is 5.90. The fourth-order valence-corrected chi connectivity index (χ4v) is 4.02. The van der Waals surface area contributed by atoms with Crippen molar-refractivity contribution in [3.8, 4) is 5.75 Å². The van der Waals surface area contributed by atoms with E-state index in [1.54, 1.807) is 4.90 Å². The molecule has 0 aliphatic rings. The standard InChI is InChI=1S/C21H24N4O4S.ClH/c1-4-29-17-7-5-8-18-19(17)22-21(30-18)24(14-6-13-23(2)3)20(26)15-9-11-16(12-10-15)25(27)28;/h5,7-12H,4,6,13-14H2,1-3H3;1H. The number of anilines is 1. The van der Waals surface area contributed by atoms with E-state index in [2.05, 4.69) is 4.90 Å². The van der Waals surface area contributed by atoms with Gasteiger partial charge in [-0.2, -0.15) is 0 Å². The van der Waals surface area contributed by atoms with Gasteiger partial charge in [0.1, 0.15) is 11.3 Å². The van der Waals surface area contributed by atoms with Gasteiger partial charge in [-0.3, -0.25) is 19.8 Å². The van der Waals surface area contributed by atoms with Crippen LogP contribution in [0.5, 0.6) is 5.75 Å². The highest BCUT2D eigenvalue weighted by molar-refractivity contribution is 7.22. The molecule has 0 unspecified atom stereocenters. The molecule has 10 heteroatoms. The first-order valence-electron chi connectivity index (χ1n) is 9.64. The molecule has 31 heavy (non-hydrogen) atoms. The van der Waals surface area contributed by atoms with Crippen LogP contribution in [0.2, 0.25) is 0 Å². The smallest absolute Gasteiger partial charge is 0.269 e. The van der Waals surface area contributed by atoms with Crippen molar-refractivity contribution < 1.29 is 14.5 Å². The Morgan fingerprint density at radius 3 is 2.48 bits per heavy atom. The highest BCUT2D eigenvalue weighted by atomic mass is 35.5. The van der Waals surface area contributed by atoms with Crippen molar-refractivity contribution in [1.29, 1.82) is 0 Å². The van der Waals surface area contributed by atoms with E-state index in [1.807, 2.05) is 39.2 Å². The van der Waals surface area contributed by atoms with Gasteiger partial charge in [0.2, 0.25) is 0 Å². The Morgan fingerprint density at radius 2 is 1.87 bits per heavy atom. The van der Waals surface area contributed by atoms with E-state index in [4.69, 9.17) is 9.72 Å². The van der Waals surface area contributed by atoms with E-state index < -0.39 is 4.92 Å². The molecule has 0 spiro atoms. The molecule has 0 fully saturated rings. The number of para-hydroxylation sites is 1. The highest BCUT2D eigenvalue weighted by Gasteiger charge is 2.22. The molecular weight excluding hydrogens is 440 g/mol. The number of hydrogen-bond acceptors (Lipinski definition) is 7. The van der Waals surface area contributed by atoms with Gasteiger partial charge >= 0.3 is 0 Å². The zero-order chi connectivity index (χ0) is 21.7. The van der Waals surface area contributed by atoms with Gasteiger partial charge in [0.15, 0.2) is 5.13 Å². The molecule has 2 aromatic carbocycles. The molecule has 0 bridgehead atoms. The number of rotatable bonds is 9. The Labute approximate surface area is 191 Å². The monoisotopic (exact) mass is 464 g/mol. The Kier molecular flexibility index (Phi) is 8.73. The van der Waals surface area contributed by atoms with Crippen molar-refractivity contribution in [3.05, 3.63) is 58.1 Å². The first-order valence-corrected chi connectivity index (χ1v) is 10.5. The second-order valence-electron chi connectivity index (χ2n) is 6.95. The van der Waals surface area contributed by atoms with E-state index >= 15 is 0 Å². The number of non-ortho nitro benzene ring substituents is 1. The molecule has 0 saturated heterocycles. The average Bonchev–Trinajstić information content (AvgIpc) is 3.16. The number of carbonyl (C=O) groups is 1. The minimum atomic E-state index is -0.480. The number of nitro benzene ring substituents is 1. The van der Waals surface area contributed by atoms with Gasteiger partial charge in [-0.1, -0.05) is 17.4 Å². The van der Waals surface area contributed by atoms with Crippen molar-refractivity contribution in [2.75, 3.05) is 38.7 Å². The molecule has 0 radical (unpaired) electrons. The molecule has 0 saturated carbocycles. The van der Waals surface area contributed by atoms with Gasteiger partial charge in [-0.05, 0) is 58.3 Å². The van der Waals surface area contributed by atoms with Crippen LogP contribution in [0.4, 0.5) is 10.8 Å². The molecule has 166 valence electrons. The minimum Gasteiger partial charge on any atom is -0.492 e. The Bertz CT molecular complexity index is 1040. The zero-order valence-electron chi connectivity index (χ0n) is 17.6. The van der Waals surface area contributed by atoms with Crippen LogP contribution >= 0.6 is 23.7 Å². The quantitative estimate of drug-likeness (QED) is 0.339. The van der Waals surface area contributed by atoms with E-state index in [1.165, 1.54) is 35.6 Å². The van der Waals surface area contributed by atoms with E-state index in [-0.39, 0.29) is 24.0 Å². The Morgan fingerprint density at radius 1 is 1.16 bits per heavy atom. The van der Waals surface area contributed by atoms with Gasteiger partial charge < -0.3 is 9.64 Å². The van der Waals surface area contributed by atoms with E-state index in [9.17, 15) is 14.9 Å². The highest BCUT2D eigenvalue weighted by Crippen LogP contribution is 2.35. The van der Waals surface area contributed by atoms with Crippen molar-refractivity contribution in [3.63, 3.8) is 0 Å². The van der Waals surface area contributed by atoms with Crippen LogP contribution in [0, 0.1) is 10.1 Å². The molecule has 0 aliphatic heterocycles. The number of nitrogens with zero attached hydrogens (tertiary/aromatic N) is 4. The predicted molar refractivity (Wildman–Crippen MR) is 126 cm³/mol. The van der Waals surface area contributed by atoms with Gasteiger partial charge in [0.25, 0.3) is 11.6 Å². The third-order valence-corrected chi connectivity index (χ3v) is 5.50. The predicted octanol–water partition coefficient (Wildman–Crippen LogP) is 4.62. The number of aromatic nitrogens is 1. The molecule has 0 N–H and O–H groups in total. The maximum Gasteiger partial charge on any atom is 0.269 e. The number of ether oxygens (including phenoxy) is 1. The first kappa shape index (κ1) is 24.5.